The number of likely N-dealkylation sites (tertiary alicyclic amines) is 2. The van der Waals surface area contributed by atoms with Gasteiger partial charge in [-0.2, -0.15) is 8.42 Å². The molecule has 0 aromatic heterocycles. The number of ether oxygens (including phenoxy) is 6. The SMILES string of the molecule is COc1cc(C(=O)N2CCC3(CC2)CC(CO)c2ccccc2O3)ccc1OC(C)C.COc1cc(C(=O)N2CCC3(CC2)CC(COS(C)(=O)=O)c2ccccc2O3)ccc1OC(C)C. The average Bonchev–Trinajstić information content (AvgIpc) is 3.30. The van der Waals surface area contributed by atoms with Crippen LogP contribution in [0.25, 0.3) is 0 Å². The summed E-state index contributed by atoms with van der Waals surface area (Å²) >= 11 is 0. The van der Waals surface area contributed by atoms with Gasteiger partial charge in [-0.25, -0.2) is 0 Å². The molecule has 66 heavy (non-hydrogen) atoms. The van der Waals surface area contributed by atoms with Crippen molar-refractivity contribution >= 4 is 21.9 Å². The summed E-state index contributed by atoms with van der Waals surface area (Å²) in [6.45, 7) is 10.3. The fraction of sp³-hybridized carbons (Fsp3) is 0.490. The number of carbonyl (C=O) groups is 2. The van der Waals surface area contributed by atoms with Crippen molar-refractivity contribution in [1.82, 2.24) is 9.80 Å². The zero-order chi connectivity index (χ0) is 47.2. The highest BCUT2D eigenvalue weighted by Gasteiger charge is 2.45. The van der Waals surface area contributed by atoms with E-state index >= 15 is 0 Å². The van der Waals surface area contributed by atoms with E-state index in [0.717, 1.165) is 48.1 Å². The Morgan fingerprint density at radius 1 is 0.652 bits per heavy atom. The Morgan fingerprint density at radius 3 is 1.45 bits per heavy atom. The minimum Gasteiger partial charge on any atom is -0.493 e. The third-order valence-corrected chi connectivity index (χ3v) is 13.3. The van der Waals surface area contributed by atoms with Crippen LogP contribution >= 0.6 is 0 Å². The largest absolute Gasteiger partial charge is 0.493 e. The van der Waals surface area contributed by atoms with Crippen molar-refractivity contribution in [2.75, 3.05) is 59.9 Å². The first-order valence-corrected chi connectivity index (χ1v) is 24.6. The van der Waals surface area contributed by atoms with Crippen molar-refractivity contribution in [3.8, 4) is 34.5 Å². The molecule has 4 heterocycles. The molecular weight excluding hydrogens is 865 g/mol. The number of amides is 2. The van der Waals surface area contributed by atoms with Gasteiger partial charge in [0.25, 0.3) is 21.9 Å². The van der Waals surface area contributed by atoms with Gasteiger partial charge in [0.1, 0.15) is 22.7 Å². The molecule has 2 spiro atoms. The lowest BCUT2D eigenvalue weighted by Crippen LogP contribution is -2.52. The number of para-hydroxylation sites is 2. The molecule has 0 saturated carbocycles. The van der Waals surface area contributed by atoms with Crippen LogP contribution in [0.1, 0.15) is 110 Å². The number of carbonyl (C=O) groups excluding carboxylic acids is 2. The Labute approximate surface area is 389 Å². The summed E-state index contributed by atoms with van der Waals surface area (Å²) in [5, 5.41) is 9.92. The molecule has 8 rings (SSSR count). The first-order chi connectivity index (χ1) is 31.5. The third kappa shape index (κ3) is 11.4. The molecule has 2 amide bonds. The predicted octanol–water partition coefficient (Wildman–Crippen LogP) is 8.02. The number of nitrogens with zero attached hydrogens (tertiary/aromatic N) is 2. The molecule has 2 saturated heterocycles. The molecular formula is C51H64N2O12S. The minimum atomic E-state index is -3.55. The zero-order valence-electron chi connectivity index (χ0n) is 39.1. The van der Waals surface area contributed by atoms with Gasteiger partial charge in [0.05, 0.1) is 45.9 Å². The van der Waals surface area contributed by atoms with E-state index in [1.54, 1.807) is 50.6 Å². The van der Waals surface area contributed by atoms with Crippen LogP contribution in [0.2, 0.25) is 0 Å². The first-order valence-electron chi connectivity index (χ1n) is 22.8. The van der Waals surface area contributed by atoms with Crippen molar-refractivity contribution < 1.29 is 55.7 Å². The Balaban J connectivity index is 0.000000198. The first kappa shape index (κ1) is 48.4. The number of piperidine rings is 2. The lowest BCUT2D eigenvalue weighted by Gasteiger charge is -2.46. The van der Waals surface area contributed by atoms with E-state index in [1.807, 2.05) is 86.0 Å². The van der Waals surface area contributed by atoms with E-state index in [0.29, 0.717) is 79.6 Å². The second-order valence-corrected chi connectivity index (χ2v) is 19.9. The maximum atomic E-state index is 13.3. The third-order valence-electron chi connectivity index (χ3n) is 12.8. The van der Waals surface area contributed by atoms with E-state index in [4.69, 9.17) is 32.6 Å². The highest BCUT2D eigenvalue weighted by Crippen LogP contribution is 2.47. The standard InChI is InChI=1S/C26H33NO7S.C25H31NO5/c1-18(2)33-23-10-9-19(15-24(23)31-3)25(28)27-13-11-26(12-14-27)16-20(17-32-35(4,29)30)21-7-5-6-8-22(21)34-26;1-17(2)30-22-9-8-18(14-23(22)29-3)24(28)26-12-10-25(11-13-26)15-19(16-27)20-6-4-5-7-21(20)31-25/h5-10,15,18,20H,11-14,16-17H2,1-4H3;4-9,14,17,19,27H,10-13,15-16H2,1-3H3. The van der Waals surface area contributed by atoms with Crippen molar-refractivity contribution in [2.24, 2.45) is 0 Å². The Kier molecular flexibility index (Phi) is 15.1. The molecule has 0 bridgehead atoms. The molecule has 15 heteroatoms. The van der Waals surface area contributed by atoms with E-state index < -0.39 is 15.7 Å². The van der Waals surface area contributed by atoms with Gasteiger partial charge >= 0.3 is 0 Å². The topological polar surface area (TPSA) is 160 Å². The van der Waals surface area contributed by atoms with E-state index in [1.165, 1.54) is 0 Å². The Bertz CT molecular complexity index is 2440. The quantitative estimate of drug-likeness (QED) is 0.137. The summed E-state index contributed by atoms with van der Waals surface area (Å²) in [4.78, 5) is 30.1. The molecule has 4 aliphatic heterocycles. The molecule has 0 radical (unpaired) electrons. The van der Waals surface area contributed by atoms with Crippen LogP contribution in [0, 0.1) is 0 Å². The van der Waals surface area contributed by atoms with E-state index in [9.17, 15) is 23.1 Å². The second kappa shape index (κ2) is 20.6. The fourth-order valence-corrected chi connectivity index (χ4v) is 9.93. The number of fused-ring (bicyclic) bond motifs is 2. The summed E-state index contributed by atoms with van der Waals surface area (Å²) in [7, 11) is -0.408. The number of aliphatic hydroxyl groups excluding tert-OH is 1. The second-order valence-electron chi connectivity index (χ2n) is 18.3. The van der Waals surface area contributed by atoms with Crippen LogP contribution in [0.3, 0.4) is 0 Å². The van der Waals surface area contributed by atoms with Crippen molar-refractivity contribution in [3.05, 3.63) is 107 Å². The molecule has 2 unspecified atom stereocenters. The zero-order valence-corrected chi connectivity index (χ0v) is 39.9. The number of hydrogen-bond acceptors (Lipinski definition) is 12. The van der Waals surface area contributed by atoms with Crippen LogP contribution in [-0.4, -0.2) is 118 Å². The van der Waals surface area contributed by atoms with Gasteiger partial charge in [-0.3, -0.25) is 13.8 Å². The van der Waals surface area contributed by atoms with E-state index in [2.05, 4.69) is 0 Å². The molecule has 14 nitrogen and oxygen atoms in total. The fourth-order valence-electron chi connectivity index (χ4n) is 9.52. The lowest BCUT2D eigenvalue weighted by molar-refractivity contribution is -0.0230. The Morgan fingerprint density at radius 2 is 1.06 bits per heavy atom. The van der Waals surface area contributed by atoms with Crippen molar-refractivity contribution in [2.45, 2.75) is 101 Å². The number of aliphatic hydroxyl groups is 1. The molecule has 4 aliphatic rings. The maximum absolute atomic E-state index is 13.3. The van der Waals surface area contributed by atoms with Crippen LogP contribution in [0.5, 0.6) is 34.5 Å². The monoisotopic (exact) mass is 928 g/mol. The van der Waals surface area contributed by atoms with Gasteiger partial charge < -0.3 is 43.3 Å². The molecule has 2 atom stereocenters. The van der Waals surface area contributed by atoms with Gasteiger partial charge in [0.2, 0.25) is 0 Å². The summed E-state index contributed by atoms with van der Waals surface area (Å²) in [5.41, 5.74) is 2.37. The highest BCUT2D eigenvalue weighted by molar-refractivity contribution is 7.85. The van der Waals surface area contributed by atoms with Gasteiger partial charge in [0.15, 0.2) is 23.0 Å². The maximum Gasteiger partial charge on any atom is 0.264 e. The van der Waals surface area contributed by atoms with E-state index in [-0.39, 0.29) is 54.7 Å². The van der Waals surface area contributed by atoms with Crippen molar-refractivity contribution in [3.63, 3.8) is 0 Å². The molecule has 4 aromatic rings. The van der Waals surface area contributed by atoms with Gasteiger partial charge in [0, 0.05) is 74.8 Å². The molecule has 0 aliphatic carbocycles. The number of benzene rings is 4. The summed E-state index contributed by atoms with van der Waals surface area (Å²) in [6.07, 6.45) is 5.28. The highest BCUT2D eigenvalue weighted by atomic mass is 32.2. The van der Waals surface area contributed by atoms with Crippen molar-refractivity contribution in [1.29, 1.82) is 0 Å². The van der Waals surface area contributed by atoms with Crippen LogP contribution in [-0.2, 0) is 14.3 Å². The number of rotatable bonds is 12. The molecule has 2 fully saturated rings. The summed E-state index contributed by atoms with van der Waals surface area (Å²) in [5.74, 6) is 3.83. The normalized spacial score (nSPS) is 19.4. The van der Waals surface area contributed by atoms with Crippen LogP contribution in [0.15, 0.2) is 84.9 Å². The Hall–Kier alpha value is -5.51. The molecule has 356 valence electrons. The summed E-state index contributed by atoms with van der Waals surface area (Å²) < 4.78 is 63.7. The van der Waals surface area contributed by atoms with Crippen LogP contribution < -0.4 is 28.4 Å². The minimum absolute atomic E-state index is 0.00369. The van der Waals surface area contributed by atoms with Gasteiger partial charge in [-0.15, -0.1) is 0 Å². The molecule has 1 N–H and O–H groups in total. The lowest BCUT2D eigenvalue weighted by atomic mass is 9.77. The molecule has 4 aromatic carbocycles. The number of methoxy groups -OCH3 is 2. The summed E-state index contributed by atoms with van der Waals surface area (Å²) in [6, 6.07) is 26.2. The van der Waals surface area contributed by atoms with Crippen LogP contribution in [0.4, 0.5) is 0 Å². The van der Waals surface area contributed by atoms with Gasteiger partial charge in [-0.05, 0) is 100 Å². The smallest absolute Gasteiger partial charge is 0.264 e. The predicted molar refractivity (Wildman–Crippen MR) is 250 cm³/mol. The van der Waals surface area contributed by atoms with Gasteiger partial charge in [-0.1, -0.05) is 36.4 Å². The average molecular weight is 929 g/mol. The number of hydrogen-bond donors (Lipinski definition) is 1.